The third-order valence-electron chi connectivity index (χ3n) is 5.76. The maximum absolute atomic E-state index is 13.1. The summed E-state index contributed by atoms with van der Waals surface area (Å²) in [4.78, 5) is 19.3. The van der Waals surface area contributed by atoms with Gasteiger partial charge in [-0.15, -0.1) is 11.3 Å². The average Bonchev–Trinajstić information content (AvgIpc) is 3.38. The minimum atomic E-state index is -4.42. The molecule has 1 saturated heterocycles. The van der Waals surface area contributed by atoms with Gasteiger partial charge in [-0.3, -0.25) is 4.79 Å². The highest BCUT2D eigenvalue weighted by Crippen LogP contribution is 2.31. The molecule has 5 nitrogen and oxygen atoms in total. The molecule has 2 aromatic heterocycles. The predicted octanol–water partition coefficient (Wildman–Crippen LogP) is 4.91. The van der Waals surface area contributed by atoms with Gasteiger partial charge in [0, 0.05) is 41.8 Å². The Balaban J connectivity index is 1.53. The summed E-state index contributed by atoms with van der Waals surface area (Å²) < 4.78 is 40.8. The zero-order valence-corrected chi connectivity index (χ0v) is 18.1. The van der Waals surface area contributed by atoms with Gasteiger partial charge in [-0.05, 0) is 44.9 Å². The summed E-state index contributed by atoms with van der Waals surface area (Å²) in [5.74, 6) is 0.267. The van der Waals surface area contributed by atoms with E-state index < -0.39 is 11.7 Å². The number of hydrogen-bond donors (Lipinski definition) is 0. The monoisotopic (exact) mass is 448 g/mol. The molecule has 0 aliphatic carbocycles. The van der Waals surface area contributed by atoms with Crippen LogP contribution in [0.2, 0.25) is 0 Å². The van der Waals surface area contributed by atoms with Gasteiger partial charge in [0.2, 0.25) is 5.91 Å². The Bertz CT molecular complexity index is 1080. The minimum Gasteiger partial charge on any atom is -0.342 e. The molecule has 9 heteroatoms. The number of piperidine rings is 1. The Hall–Kier alpha value is -2.68. The number of nitrogens with zero attached hydrogens (tertiary/aromatic N) is 4. The number of likely N-dealkylation sites (tertiary alicyclic amines) is 1. The van der Waals surface area contributed by atoms with E-state index in [9.17, 15) is 18.0 Å². The van der Waals surface area contributed by atoms with Gasteiger partial charge >= 0.3 is 6.18 Å². The Kier molecular flexibility index (Phi) is 5.88. The van der Waals surface area contributed by atoms with Crippen molar-refractivity contribution in [2.24, 2.45) is 0 Å². The van der Waals surface area contributed by atoms with Gasteiger partial charge in [0.25, 0.3) is 0 Å². The molecule has 0 saturated carbocycles. The van der Waals surface area contributed by atoms with Crippen molar-refractivity contribution in [3.8, 4) is 5.69 Å². The number of halogens is 3. The lowest BCUT2D eigenvalue weighted by Gasteiger charge is -2.32. The van der Waals surface area contributed by atoms with Crippen molar-refractivity contribution >= 4 is 17.2 Å². The molecule has 1 atom stereocenters. The molecule has 0 N–H and O–H groups in total. The molecular formula is C22H23F3N4OS. The summed E-state index contributed by atoms with van der Waals surface area (Å²) in [6, 6.07) is 5.07. The standard InChI is InChI=1S/C22H23F3N4OS/c1-14-19(12-20(30)28-9-4-5-16(13-28)21-26-8-10-31-21)15(2)29(27-14)18-7-3-6-17(11-18)22(23,24)25/h3,6-8,10-11,16H,4-5,9,12-13H2,1-2H3. The quantitative estimate of drug-likeness (QED) is 0.570. The smallest absolute Gasteiger partial charge is 0.342 e. The summed E-state index contributed by atoms with van der Waals surface area (Å²) in [7, 11) is 0. The van der Waals surface area contributed by atoms with Gasteiger partial charge < -0.3 is 4.90 Å². The van der Waals surface area contributed by atoms with E-state index in [2.05, 4.69) is 10.1 Å². The molecule has 3 heterocycles. The van der Waals surface area contributed by atoms with Crippen LogP contribution in [-0.4, -0.2) is 38.7 Å². The summed E-state index contributed by atoms with van der Waals surface area (Å²) in [5, 5.41) is 7.43. The zero-order valence-electron chi connectivity index (χ0n) is 17.3. The van der Waals surface area contributed by atoms with E-state index in [-0.39, 0.29) is 18.2 Å². The van der Waals surface area contributed by atoms with Crippen LogP contribution in [-0.2, 0) is 17.4 Å². The first-order chi connectivity index (χ1) is 14.7. The number of benzene rings is 1. The van der Waals surface area contributed by atoms with Crippen molar-refractivity contribution in [2.75, 3.05) is 13.1 Å². The molecule has 1 aliphatic heterocycles. The highest BCUT2D eigenvalue weighted by atomic mass is 32.1. The lowest BCUT2D eigenvalue weighted by Crippen LogP contribution is -2.40. The molecule has 1 unspecified atom stereocenters. The van der Waals surface area contributed by atoms with Crippen molar-refractivity contribution < 1.29 is 18.0 Å². The third kappa shape index (κ3) is 4.51. The van der Waals surface area contributed by atoms with E-state index in [1.807, 2.05) is 10.3 Å². The fourth-order valence-electron chi connectivity index (χ4n) is 4.10. The van der Waals surface area contributed by atoms with E-state index in [0.29, 0.717) is 30.2 Å². The van der Waals surface area contributed by atoms with Crippen molar-refractivity contribution in [3.05, 3.63) is 63.4 Å². The van der Waals surface area contributed by atoms with Crippen LogP contribution in [0.5, 0.6) is 0 Å². The molecule has 0 bridgehead atoms. The van der Waals surface area contributed by atoms with Crippen LogP contribution in [0.25, 0.3) is 5.69 Å². The van der Waals surface area contributed by atoms with E-state index in [1.165, 1.54) is 10.7 Å². The molecule has 31 heavy (non-hydrogen) atoms. The number of aryl methyl sites for hydroxylation is 1. The van der Waals surface area contributed by atoms with Gasteiger partial charge in [-0.1, -0.05) is 6.07 Å². The first kappa shape index (κ1) is 21.5. The molecule has 1 aromatic carbocycles. The third-order valence-corrected chi connectivity index (χ3v) is 6.70. The Morgan fingerprint density at radius 1 is 1.29 bits per heavy atom. The van der Waals surface area contributed by atoms with Gasteiger partial charge in [0.05, 0.1) is 28.4 Å². The zero-order chi connectivity index (χ0) is 22.2. The van der Waals surface area contributed by atoms with Gasteiger partial charge in [0.1, 0.15) is 0 Å². The maximum atomic E-state index is 13.1. The number of aromatic nitrogens is 3. The SMILES string of the molecule is Cc1nn(-c2cccc(C(F)(F)F)c2)c(C)c1CC(=O)N1CCCC(c2nccs2)C1. The predicted molar refractivity (Wildman–Crippen MR) is 112 cm³/mol. The van der Waals surface area contributed by atoms with Crippen LogP contribution in [0.1, 0.15) is 46.3 Å². The van der Waals surface area contributed by atoms with Crippen molar-refractivity contribution in [3.63, 3.8) is 0 Å². The lowest BCUT2D eigenvalue weighted by molar-refractivity contribution is -0.137. The van der Waals surface area contributed by atoms with Crippen LogP contribution < -0.4 is 0 Å². The van der Waals surface area contributed by atoms with Crippen LogP contribution in [0, 0.1) is 13.8 Å². The Labute approximate surface area is 182 Å². The first-order valence-corrected chi connectivity index (χ1v) is 11.0. The van der Waals surface area contributed by atoms with Crippen LogP contribution in [0.4, 0.5) is 13.2 Å². The normalized spacial score (nSPS) is 17.2. The molecule has 1 amide bonds. The number of amides is 1. The molecule has 1 aliphatic rings. The number of alkyl halides is 3. The number of carbonyl (C=O) groups excluding carboxylic acids is 1. The molecule has 4 rings (SSSR count). The van der Waals surface area contributed by atoms with Gasteiger partial charge in [-0.25, -0.2) is 9.67 Å². The van der Waals surface area contributed by atoms with E-state index in [4.69, 9.17) is 0 Å². The minimum absolute atomic E-state index is 0.0102. The largest absolute Gasteiger partial charge is 0.416 e. The molecule has 164 valence electrons. The van der Waals surface area contributed by atoms with E-state index in [1.54, 1.807) is 37.4 Å². The maximum Gasteiger partial charge on any atom is 0.416 e. The Morgan fingerprint density at radius 2 is 2.10 bits per heavy atom. The van der Waals surface area contributed by atoms with Crippen molar-refractivity contribution in [1.29, 1.82) is 0 Å². The number of carbonyl (C=O) groups is 1. The second-order valence-corrected chi connectivity index (χ2v) is 8.76. The number of rotatable bonds is 4. The first-order valence-electron chi connectivity index (χ1n) is 10.1. The second-order valence-electron chi connectivity index (χ2n) is 7.84. The van der Waals surface area contributed by atoms with Crippen LogP contribution >= 0.6 is 11.3 Å². The lowest BCUT2D eigenvalue weighted by atomic mass is 9.98. The topological polar surface area (TPSA) is 51.0 Å². The summed E-state index contributed by atoms with van der Waals surface area (Å²) in [6.07, 6.45) is -0.510. The summed E-state index contributed by atoms with van der Waals surface area (Å²) >= 11 is 1.61. The van der Waals surface area contributed by atoms with Crippen LogP contribution in [0.15, 0.2) is 35.8 Å². The fourth-order valence-corrected chi connectivity index (χ4v) is 4.87. The molecular weight excluding hydrogens is 425 g/mol. The Morgan fingerprint density at radius 3 is 2.81 bits per heavy atom. The number of hydrogen-bond acceptors (Lipinski definition) is 4. The van der Waals surface area contributed by atoms with Gasteiger partial charge in [-0.2, -0.15) is 18.3 Å². The summed E-state index contributed by atoms with van der Waals surface area (Å²) in [5.41, 5.74) is 1.70. The molecule has 3 aromatic rings. The molecule has 0 radical (unpaired) electrons. The molecule has 1 fully saturated rings. The van der Waals surface area contributed by atoms with E-state index in [0.717, 1.165) is 35.5 Å². The van der Waals surface area contributed by atoms with Crippen molar-refractivity contribution in [1.82, 2.24) is 19.7 Å². The van der Waals surface area contributed by atoms with E-state index >= 15 is 0 Å². The highest BCUT2D eigenvalue weighted by molar-refractivity contribution is 7.09. The number of thiazole rings is 1. The average molecular weight is 449 g/mol. The van der Waals surface area contributed by atoms with Crippen molar-refractivity contribution in [2.45, 2.75) is 45.2 Å². The summed E-state index contributed by atoms with van der Waals surface area (Å²) in [6.45, 7) is 4.93. The van der Waals surface area contributed by atoms with Gasteiger partial charge in [0.15, 0.2) is 0 Å². The molecule has 0 spiro atoms. The van der Waals surface area contributed by atoms with Crippen LogP contribution in [0.3, 0.4) is 0 Å². The fraction of sp³-hybridized carbons (Fsp3) is 0.409. The highest BCUT2D eigenvalue weighted by Gasteiger charge is 2.31. The second kappa shape index (κ2) is 8.45.